The molecule has 0 amide bonds. The molecular formula is C12H10. The molecule has 0 N–H and O–H groups in total. The monoisotopic (exact) mass is 156 g/mol. The summed E-state index contributed by atoms with van der Waals surface area (Å²) < 4.78 is 7.71. The highest BCUT2D eigenvalue weighted by Gasteiger charge is 1.91. The third-order valence-corrected chi connectivity index (χ3v) is 1.79. The van der Waals surface area contributed by atoms with E-state index in [9.17, 15) is 0 Å². The predicted octanol–water partition coefficient (Wildman–Crippen LogP) is 3.35. The van der Waals surface area contributed by atoms with Gasteiger partial charge in [-0.25, -0.2) is 0 Å². The third-order valence-electron chi connectivity index (χ3n) is 1.79. The average Bonchev–Trinajstić information content (AvgIpc) is 2.20. The van der Waals surface area contributed by atoms with Crippen LogP contribution in [0.4, 0.5) is 0 Å². The van der Waals surface area contributed by atoms with Crippen molar-refractivity contribution in [3.05, 3.63) is 60.6 Å². The molecular weight excluding hydrogens is 144 g/mol. The van der Waals surface area contributed by atoms with Gasteiger partial charge in [-0.15, -0.1) is 0 Å². The van der Waals surface area contributed by atoms with Gasteiger partial charge in [0.05, 0.1) is 1.37 Å². The highest BCUT2D eigenvalue weighted by molar-refractivity contribution is 5.62. The Hall–Kier alpha value is -1.56. The molecule has 0 aliphatic rings. The van der Waals surface area contributed by atoms with Gasteiger partial charge in [0.25, 0.3) is 0 Å². The van der Waals surface area contributed by atoms with Crippen LogP contribution in [-0.2, 0) is 0 Å². The topological polar surface area (TPSA) is 0 Å². The van der Waals surface area contributed by atoms with Crippen molar-refractivity contribution in [3.8, 4) is 11.1 Å². The molecule has 0 atom stereocenters. The molecule has 0 fully saturated rings. The van der Waals surface area contributed by atoms with Crippen LogP contribution in [0.5, 0.6) is 0 Å². The molecule has 0 heteroatoms. The molecule has 58 valence electrons. The van der Waals surface area contributed by atoms with E-state index in [1.807, 2.05) is 54.6 Å². The van der Waals surface area contributed by atoms with Gasteiger partial charge in [-0.05, 0) is 11.1 Å². The van der Waals surface area contributed by atoms with Crippen LogP contribution in [0.2, 0.25) is 0 Å². The number of rotatable bonds is 1. The fourth-order valence-corrected chi connectivity index (χ4v) is 1.19. The summed E-state index contributed by atoms with van der Waals surface area (Å²) in [6.07, 6.45) is 0. The molecule has 0 aromatic heterocycles. The van der Waals surface area contributed by atoms with E-state index in [1.165, 1.54) is 0 Å². The first-order valence-corrected chi connectivity index (χ1v) is 3.99. The van der Waals surface area contributed by atoms with Gasteiger partial charge in [0, 0.05) is 0 Å². The summed E-state index contributed by atoms with van der Waals surface area (Å²) >= 11 is 0. The first-order valence-electron chi connectivity index (χ1n) is 4.49. The zero-order chi connectivity index (χ0) is 9.10. The Kier molecular flexibility index (Phi) is 1.62. The van der Waals surface area contributed by atoms with E-state index in [0.29, 0.717) is 6.04 Å². The molecule has 0 unspecified atom stereocenters. The second-order valence-corrected chi connectivity index (χ2v) is 2.64. The maximum atomic E-state index is 7.71. The lowest BCUT2D eigenvalue weighted by atomic mass is 10.1. The fourth-order valence-electron chi connectivity index (χ4n) is 1.19. The minimum absolute atomic E-state index is 0.578. The smallest absolute Gasteiger partial charge is 0.0622 e. The molecule has 0 radical (unpaired) electrons. The second kappa shape index (κ2) is 3.22. The maximum Gasteiger partial charge on any atom is 0.0629 e. The summed E-state index contributed by atoms with van der Waals surface area (Å²) in [7, 11) is 0. The molecule has 2 aromatic rings. The SMILES string of the molecule is [3H]c1ccccc1-c1ccccc1. The number of hydrogen-bond acceptors (Lipinski definition) is 0. The zero-order valence-corrected chi connectivity index (χ0v) is 6.70. The number of benzene rings is 2. The first-order chi connectivity index (χ1) is 6.38. The van der Waals surface area contributed by atoms with E-state index in [4.69, 9.17) is 1.37 Å². The van der Waals surface area contributed by atoms with Crippen molar-refractivity contribution in [2.75, 3.05) is 0 Å². The second-order valence-electron chi connectivity index (χ2n) is 2.64. The predicted molar refractivity (Wildman–Crippen MR) is 51.9 cm³/mol. The van der Waals surface area contributed by atoms with E-state index in [1.54, 1.807) is 0 Å². The summed E-state index contributed by atoms with van der Waals surface area (Å²) in [6, 6.07) is 18.2. The molecule has 0 saturated carbocycles. The van der Waals surface area contributed by atoms with Crippen molar-refractivity contribution >= 4 is 0 Å². The lowest BCUT2D eigenvalue weighted by Crippen LogP contribution is -1.73. The summed E-state index contributed by atoms with van der Waals surface area (Å²) in [4.78, 5) is 0. The largest absolute Gasteiger partial charge is 0.0629 e. The lowest BCUT2D eigenvalue weighted by molar-refractivity contribution is 1.62. The zero-order valence-electron chi connectivity index (χ0n) is 7.70. The quantitative estimate of drug-likeness (QED) is 0.594. The Bertz CT molecular complexity index is 393. The summed E-state index contributed by atoms with van der Waals surface area (Å²) in [5.41, 5.74) is 2.09. The maximum absolute atomic E-state index is 7.71. The minimum Gasteiger partial charge on any atom is -0.0622 e. The van der Waals surface area contributed by atoms with Crippen molar-refractivity contribution in [2.45, 2.75) is 0 Å². The van der Waals surface area contributed by atoms with Crippen molar-refractivity contribution in [2.24, 2.45) is 0 Å². The molecule has 12 heavy (non-hydrogen) atoms. The van der Waals surface area contributed by atoms with Crippen molar-refractivity contribution in [3.63, 3.8) is 0 Å². The van der Waals surface area contributed by atoms with E-state index in [2.05, 4.69) is 0 Å². The fraction of sp³-hybridized carbons (Fsp3) is 0. The van der Waals surface area contributed by atoms with E-state index < -0.39 is 0 Å². The summed E-state index contributed by atoms with van der Waals surface area (Å²) in [6.45, 7) is 0. The Balaban J connectivity index is 2.54. The Labute approximate surface area is 73.9 Å². The molecule has 0 aliphatic heterocycles. The van der Waals surface area contributed by atoms with Gasteiger partial charge in [-0.1, -0.05) is 60.6 Å². The summed E-state index contributed by atoms with van der Waals surface area (Å²) in [5.74, 6) is 0. The third kappa shape index (κ3) is 1.37. The molecule has 2 rings (SSSR count). The Morgan fingerprint density at radius 1 is 0.667 bits per heavy atom. The van der Waals surface area contributed by atoms with Gasteiger partial charge in [0.1, 0.15) is 0 Å². The van der Waals surface area contributed by atoms with E-state index in [-0.39, 0.29) is 0 Å². The summed E-state index contributed by atoms with van der Waals surface area (Å²) in [5, 5.41) is 0. The Morgan fingerprint density at radius 2 is 1.25 bits per heavy atom. The molecule has 0 bridgehead atoms. The van der Waals surface area contributed by atoms with Gasteiger partial charge >= 0.3 is 0 Å². The van der Waals surface area contributed by atoms with Crippen LogP contribution >= 0.6 is 0 Å². The van der Waals surface area contributed by atoms with Gasteiger partial charge in [0.2, 0.25) is 0 Å². The molecule has 0 heterocycles. The van der Waals surface area contributed by atoms with Gasteiger partial charge in [-0.2, -0.15) is 0 Å². The van der Waals surface area contributed by atoms with E-state index in [0.717, 1.165) is 11.1 Å². The van der Waals surface area contributed by atoms with Crippen LogP contribution in [0.1, 0.15) is 1.37 Å². The van der Waals surface area contributed by atoms with Crippen LogP contribution in [-0.4, -0.2) is 0 Å². The highest BCUT2D eigenvalue weighted by Crippen LogP contribution is 2.17. The van der Waals surface area contributed by atoms with Gasteiger partial charge < -0.3 is 0 Å². The first kappa shape index (κ1) is 6.01. The van der Waals surface area contributed by atoms with Crippen molar-refractivity contribution < 1.29 is 1.37 Å². The molecule has 2 aromatic carbocycles. The van der Waals surface area contributed by atoms with E-state index >= 15 is 0 Å². The molecule has 0 spiro atoms. The standard InChI is InChI=1S/C12H10/c1-3-7-11(8-4-1)12-9-5-2-6-10-12/h1-10H/i7T. The van der Waals surface area contributed by atoms with Crippen LogP contribution in [0.3, 0.4) is 0 Å². The van der Waals surface area contributed by atoms with Gasteiger partial charge in [-0.3, -0.25) is 0 Å². The van der Waals surface area contributed by atoms with Crippen LogP contribution in [0.15, 0.2) is 60.6 Å². The Morgan fingerprint density at radius 3 is 1.92 bits per heavy atom. The average molecular weight is 156 g/mol. The normalized spacial score (nSPS) is 10.8. The van der Waals surface area contributed by atoms with Crippen molar-refractivity contribution in [1.29, 1.82) is 0 Å². The molecule has 0 saturated heterocycles. The lowest BCUT2D eigenvalue weighted by Gasteiger charge is -1.98. The van der Waals surface area contributed by atoms with Gasteiger partial charge in [0.15, 0.2) is 0 Å². The minimum atomic E-state index is 0.578. The van der Waals surface area contributed by atoms with Crippen LogP contribution in [0, 0.1) is 0 Å². The highest BCUT2D eigenvalue weighted by atomic mass is 14.0. The number of hydrogen-bond donors (Lipinski definition) is 0. The van der Waals surface area contributed by atoms with Crippen LogP contribution < -0.4 is 0 Å². The van der Waals surface area contributed by atoms with Crippen molar-refractivity contribution in [1.82, 2.24) is 0 Å². The molecule has 0 nitrogen and oxygen atoms in total. The molecule has 0 aliphatic carbocycles. The van der Waals surface area contributed by atoms with Crippen LogP contribution in [0.25, 0.3) is 11.1 Å².